The largest absolute Gasteiger partial charge is 0.458 e. The van der Waals surface area contributed by atoms with Gasteiger partial charge in [-0.05, 0) is 25.8 Å². The third-order valence-corrected chi connectivity index (χ3v) is 4.21. The average Bonchev–Trinajstić information content (AvgIpc) is 2.88. The molecule has 5 nitrogen and oxygen atoms in total. The Hall–Kier alpha value is -0.980. The highest BCUT2D eigenvalue weighted by molar-refractivity contribution is 7.09. The lowest BCUT2D eigenvalue weighted by Crippen LogP contribution is -2.29. The minimum absolute atomic E-state index is 0.0501. The number of rotatable bonds is 5. The Morgan fingerprint density at radius 3 is 3.05 bits per heavy atom. The van der Waals surface area contributed by atoms with E-state index in [2.05, 4.69) is 4.98 Å². The number of nitrogens with zero attached hydrogens (tertiary/aromatic N) is 1. The first-order valence-corrected chi connectivity index (χ1v) is 7.49. The summed E-state index contributed by atoms with van der Waals surface area (Å²) in [5.41, 5.74) is 5.86. The number of hydrogen-bond donors (Lipinski definition) is 1. The van der Waals surface area contributed by atoms with Crippen molar-refractivity contribution in [3.05, 3.63) is 16.1 Å². The molecule has 106 valence electrons. The van der Waals surface area contributed by atoms with Gasteiger partial charge >= 0.3 is 5.97 Å². The van der Waals surface area contributed by atoms with E-state index >= 15 is 0 Å². The second-order valence-electron chi connectivity index (χ2n) is 4.72. The van der Waals surface area contributed by atoms with Crippen molar-refractivity contribution in [2.75, 3.05) is 13.7 Å². The summed E-state index contributed by atoms with van der Waals surface area (Å²) in [7, 11) is 1.70. The molecule has 0 amide bonds. The van der Waals surface area contributed by atoms with Crippen LogP contribution in [0.25, 0.3) is 0 Å². The number of carbonyl (C=O) groups is 1. The number of hydrogen-bond acceptors (Lipinski definition) is 6. The Morgan fingerprint density at radius 1 is 1.53 bits per heavy atom. The van der Waals surface area contributed by atoms with Gasteiger partial charge in [0, 0.05) is 25.3 Å². The van der Waals surface area contributed by atoms with Gasteiger partial charge in [-0.25, -0.2) is 9.78 Å². The van der Waals surface area contributed by atoms with Gasteiger partial charge in [0.05, 0.1) is 11.1 Å². The standard InChI is InChI=1S/C13H20N2O3S/c1-17-9-3-2-4-10(7-9)18-13(16)11-8-19-12(15-11)5-6-14/h8-10H,2-7,14H2,1H3. The van der Waals surface area contributed by atoms with Crippen molar-refractivity contribution in [2.45, 2.75) is 44.3 Å². The van der Waals surface area contributed by atoms with Gasteiger partial charge in [-0.1, -0.05) is 0 Å². The van der Waals surface area contributed by atoms with Gasteiger partial charge in [-0.15, -0.1) is 11.3 Å². The first-order chi connectivity index (χ1) is 9.22. The molecule has 1 heterocycles. The van der Waals surface area contributed by atoms with Crippen molar-refractivity contribution in [3.8, 4) is 0 Å². The number of thiazole rings is 1. The van der Waals surface area contributed by atoms with Crippen molar-refractivity contribution >= 4 is 17.3 Å². The molecular weight excluding hydrogens is 264 g/mol. The fraction of sp³-hybridized carbons (Fsp3) is 0.692. The van der Waals surface area contributed by atoms with E-state index in [1.807, 2.05) is 0 Å². The van der Waals surface area contributed by atoms with Gasteiger partial charge in [0.25, 0.3) is 0 Å². The Labute approximate surface area is 117 Å². The van der Waals surface area contributed by atoms with Crippen LogP contribution in [0.3, 0.4) is 0 Å². The summed E-state index contributed by atoms with van der Waals surface area (Å²) in [4.78, 5) is 16.2. The minimum atomic E-state index is -0.332. The molecule has 0 radical (unpaired) electrons. The van der Waals surface area contributed by atoms with Crippen LogP contribution in [0.15, 0.2) is 5.38 Å². The summed E-state index contributed by atoms with van der Waals surface area (Å²) in [6, 6.07) is 0. The average molecular weight is 284 g/mol. The van der Waals surface area contributed by atoms with Crippen LogP contribution >= 0.6 is 11.3 Å². The molecule has 0 bridgehead atoms. The number of carbonyl (C=O) groups excluding carboxylic acids is 1. The molecular formula is C13H20N2O3S. The highest BCUT2D eigenvalue weighted by atomic mass is 32.1. The van der Waals surface area contributed by atoms with Crippen LogP contribution in [0.5, 0.6) is 0 Å². The second-order valence-corrected chi connectivity index (χ2v) is 5.66. The Kier molecular flexibility index (Phi) is 5.30. The zero-order valence-electron chi connectivity index (χ0n) is 11.1. The third-order valence-electron chi connectivity index (χ3n) is 3.30. The first kappa shape index (κ1) is 14.4. The summed E-state index contributed by atoms with van der Waals surface area (Å²) in [6.07, 6.45) is 4.62. The molecule has 2 N–H and O–H groups in total. The molecule has 1 saturated carbocycles. The van der Waals surface area contributed by atoms with Gasteiger partial charge in [-0.3, -0.25) is 0 Å². The predicted octanol–water partition coefficient (Wildman–Crippen LogP) is 1.76. The third kappa shape index (κ3) is 3.99. The normalized spacial score (nSPS) is 23.3. The van der Waals surface area contributed by atoms with Gasteiger partial charge in [0.1, 0.15) is 6.10 Å². The summed E-state index contributed by atoms with van der Waals surface area (Å²) < 4.78 is 10.8. The summed E-state index contributed by atoms with van der Waals surface area (Å²) in [5, 5.41) is 2.62. The summed E-state index contributed by atoms with van der Waals surface area (Å²) in [5.74, 6) is -0.332. The van der Waals surface area contributed by atoms with E-state index in [0.29, 0.717) is 18.7 Å². The summed E-state index contributed by atoms with van der Waals surface area (Å²) >= 11 is 1.45. The number of methoxy groups -OCH3 is 1. The van der Waals surface area contributed by atoms with Gasteiger partial charge < -0.3 is 15.2 Å². The quantitative estimate of drug-likeness (QED) is 0.834. The lowest BCUT2D eigenvalue weighted by Gasteiger charge is -2.27. The maximum Gasteiger partial charge on any atom is 0.358 e. The topological polar surface area (TPSA) is 74.4 Å². The Bertz CT molecular complexity index is 422. The van der Waals surface area contributed by atoms with Crippen LogP contribution in [-0.4, -0.2) is 36.8 Å². The molecule has 2 unspecified atom stereocenters. The SMILES string of the molecule is COC1CCCC(OC(=O)c2csc(CCN)n2)C1. The zero-order chi connectivity index (χ0) is 13.7. The number of nitrogens with two attached hydrogens (primary N) is 1. The number of ether oxygens (including phenoxy) is 2. The fourth-order valence-electron chi connectivity index (χ4n) is 2.28. The van der Waals surface area contributed by atoms with Crippen molar-refractivity contribution in [2.24, 2.45) is 5.73 Å². The molecule has 1 aromatic heterocycles. The van der Waals surface area contributed by atoms with Crippen molar-refractivity contribution in [1.29, 1.82) is 0 Å². The van der Waals surface area contributed by atoms with Crippen LogP contribution in [0.1, 0.15) is 41.2 Å². The van der Waals surface area contributed by atoms with Crippen LogP contribution in [-0.2, 0) is 15.9 Å². The highest BCUT2D eigenvalue weighted by Crippen LogP contribution is 2.24. The zero-order valence-corrected chi connectivity index (χ0v) is 11.9. The predicted molar refractivity (Wildman–Crippen MR) is 73.3 cm³/mol. The van der Waals surface area contributed by atoms with Gasteiger partial charge in [-0.2, -0.15) is 0 Å². The minimum Gasteiger partial charge on any atom is -0.458 e. The van der Waals surface area contributed by atoms with E-state index < -0.39 is 0 Å². The molecule has 0 aliphatic heterocycles. The molecule has 1 aliphatic carbocycles. The van der Waals surface area contributed by atoms with E-state index in [1.54, 1.807) is 12.5 Å². The van der Waals surface area contributed by atoms with Crippen molar-refractivity contribution in [3.63, 3.8) is 0 Å². The maximum absolute atomic E-state index is 12.0. The van der Waals surface area contributed by atoms with Crippen LogP contribution < -0.4 is 5.73 Å². The fourth-order valence-corrected chi connectivity index (χ4v) is 3.06. The maximum atomic E-state index is 12.0. The molecule has 0 spiro atoms. The van der Waals surface area contributed by atoms with Gasteiger partial charge in [0.15, 0.2) is 5.69 Å². The molecule has 0 aromatic carbocycles. The number of esters is 1. The van der Waals surface area contributed by atoms with Crippen LogP contribution in [0.4, 0.5) is 0 Å². The highest BCUT2D eigenvalue weighted by Gasteiger charge is 2.25. The Morgan fingerprint density at radius 2 is 2.32 bits per heavy atom. The Balaban J connectivity index is 1.88. The molecule has 0 saturated heterocycles. The lowest BCUT2D eigenvalue weighted by molar-refractivity contribution is -0.0152. The molecule has 1 aliphatic rings. The molecule has 1 fully saturated rings. The van der Waals surface area contributed by atoms with Crippen molar-refractivity contribution < 1.29 is 14.3 Å². The second kappa shape index (κ2) is 6.98. The molecule has 2 atom stereocenters. The van der Waals surface area contributed by atoms with Crippen molar-refractivity contribution in [1.82, 2.24) is 4.98 Å². The molecule has 1 aromatic rings. The lowest BCUT2D eigenvalue weighted by atomic mass is 9.95. The molecule has 19 heavy (non-hydrogen) atoms. The number of aromatic nitrogens is 1. The van der Waals surface area contributed by atoms with E-state index in [1.165, 1.54) is 11.3 Å². The van der Waals surface area contributed by atoms with E-state index in [9.17, 15) is 4.79 Å². The monoisotopic (exact) mass is 284 g/mol. The van der Waals surface area contributed by atoms with Gasteiger partial charge in [0.2, 0.25) is 0 Å². The van der Waals surface area contributed by atoms with Crippen LogP contribution in [0, 0.1) is 0 Å². The first-order valence-electron chi connectivity index (χ1n) is 6.61. The molecule has 6 heteroatoms. The van der Waals surface area contributed by atoms with Crippen LogP contribution in [0.2, 0.25) is 0 Å². The molecule has 2 rings (SSSR count). The van der Waals surface area contributed by atoms with E-state index in [4.69, 9.17) is 15.2 Å². The smallest absolute Gasteiger partial charge is 0.358 e. The van der Waals surface area contributed by atoms with E-state index in [-0.39, 0.29) is 18.2 Å². The van der Waals surface area contributed by atoms with E-state index in [0.717, 1.165) is 30.7 Å². The summed E-state index contributed by atoms with van der Waals surface area (Å²) in [6.45, 7) is 0.542.